The summed E-state index contributed by atoms with van der Waals surface area (Å²) in [5, 5.41) is 15.0. The summed E-state index contributed by atoms with van der Waals surface area (Å²) in [5.74, 6) is 1.13. The molecule has 3 N–H and O–H groups in total. The molecular formula is C35H36N4O5. The van der Waals surface area contributed by atoms with Crippen LogP contribution in [0.2, 0.25) is 0 Å². The van der Waals surface area contributed by atoms with Gasteiger partial charge in [0.05, 0.1) is 6.67 Å². The average molecular weight is 593 g/mol. The van der Waals surface area contributed by atoms with E-state index in [2.05, 4.69) is 10.6 Å². The van der Waals surface area contributed by atoms with E-state index in [1.807, 2.05) is 114 Å². The number of ether oxygens (including phenoxy) is 2. The van der Waals surface area contributed by atoms with E-state index in [0.717, 1.165) is 33.8 Å². The van der Waals surface area contributed by atoms with Crippen LogP contribution >= 0.6 is 0 Å². The highest BCUT2D eigenvalue weighted by molar-refractivity contribution is 5.85. The third kappa shape index (κ3) is 9.03. The van der Waals surface area contributed by atoms with Gasteiger partial charge in [-0.2, -0.15) is 0 Å². The molecule has 5 rings (SSSR count). The summed E-state index contributed by atoms with van der Waals surface area (Å²) < 4.78 is 11.9. The quantitative estimate of drug-likeness (QED) is 0.182. The summed E-state index contributed by atoms with van der Waals surface area (Å²) in [5.41, 5.74) is 3.93. The minimum Gasteiger partial charge on any atom is -0.489 e. The summed E-state index contributed by atoms with van der Waals surface area (Å²) in [6.07, 6.45) is 2.32. The molecular weight excluding hydrogens is 556 g/mol. The zero-order valence-corrected chi connectivity index (χ0v) is 24.3. The molecule has 1 unspecified atom stereocenters. The molecule has 44 heavy (non-hydrogen) atoms. The predicted molar refractivity (Wildman–Crippen MR) is 167 cm³/mol. The molecule has 0 saturated carbocycles. The monoisotopic (exact) mass is 592 g/mol. The Hall–Kier alpha value is -5.44. The Bertz CT molecular complexity index is 1420. The summed E-state index contributed by atoms with van der Waals surface area (Å²) in [6.45, 7) is 2.19. The van der Waals surface area contributed by atoms with Crippen LogP contribution in [0.5, 0.6) is 11.5 Å². The number of amides is 2. The Kier molecular flexibility index (Phi) is 10.3. The van der Waals surface area contributed by atoms with Crippen molar-refractivity contribution in [3.8, 4) is 11.5 Å². The minimum absolute atomic E-state index is 0.198. The number of carboxylic acid groups (broad SMARTS) is 1. The molecule has 1 heterocycles. The van der Waals surface area contributed by atoms with Crippen LogP contribution in [-0.2, 0) is 31.1 Å². The van der Waals surface area contributed by atoms with Gasteiger partial charge in [0.1, 0.15) is 30.8 Å². The van der Waals surface area contributed by atoms with E-state index in [1.165, 1.54) is 0 Å². The normalized spacial score (nSPS) is 12.7. The second kappa shape index (κ2) is 15.2. The highest BCUT2D eigenvalue weighted by Crippen LogP contribution is 2.20. The van der Waals surface area contributed by atoms with Crippen molar-refractivity contribution in [2.75, 3.05) is 13.2 Å². The number of hydrogen-bond donors (Lipinski definition) is 3. The van der Waals surface area contributed by atoms with Crippen LogP contribution in [0.25, 0.3) is 0 Å². The van der Waals surface area contributed by atoms with Gasteiger partial charge in [-0.15, -0.1) is 0 Å². The van der Waals surface area contributed by atoms with Crippen molar-refractivity contribution in [2.24, 2.45) is 0 Å². The summed E-state index contributed by atoms with van der Waals surface area (Å²) in [7, 11) is 0. The van der Waals surface area contributed by atoms with Crippen molar-refractivity contribution < 1.29 is 24.2 Å². The Labute approximate surface area is 257 Å². The maximum atomic E-state index is 13.9. The number of carbonyl (C=O) groups is 2. The standard InChI is InChI=1S/C35H36N4O5/c40-34(33(37-35(41)42)23-38-20-19-36-26-38)39(21-27-11-15-31(16-12-27)43-24-29-7-3-1-4-8-29)22-28-13-17-32(18-14-28)44-25-30-9-5-2-6-10-30/h1-20,33,36-37H,21-26H2,(H,41,42). The third-order valence-corrected chi connectivity index (χ3v) is 7.11. The number of benzene rings is 4. The SMILES string of the molecule is O=C(O)NC(CN1C=CNC1)C(=O)N(Cc1ccc(OCc2ccccc2)cc1)Cc1ccc(OCc2ccccc2)cc1. The Morgan fingerprint density at radius 1 is 0.750 bits per heavy atom. The van der Waals surface area contributed by atoms with Crippen LogP contribution in [0.15, 0.2) is 122 Å². The molecule has 4 aromatic carbocycles. The molecule has 9 nitrogen and oxygen atoms in total. The summed E-state index contributed by atoms with van der Waals surface area (Å²) in [6, 6.07) is 34.1. The molecule has 1 aliphatic rings. The van der Waals surface area contributed by atoms with E-state index in [4.69, 9.17) is 9.47 Å². The smallest absolute Gasteiger partial charge is 0.405 e. The number of rotatable bonds is 14. The molecule has 0 aromatic heterocycles. The zero-order valence-electron chi connectivity index (χ0n) is 24.3. The Morgan fingerprint density at radius 2 is 1.25 bits per heavy atom. The molecule has 0 saturated heterocycles. The van der Waals surface area contributed by atoms with Gasteiger partial charge >= 0.3 is 6.09 Å². The van der Waals surface area contributed by atoms with E-state index in [9.17, 15) is 14.7 Å². The molecule has 226 valence electrons. The molecule has 0 bridgehead atoms. The first-order chi connectivity index (χ1) is 21.5. The Balaban J connectivity index is 1.29. The molecule has 1 atom stereocenters. The largest absolute Gasteiger partial charge is 0.489 e. The second-order valence-electron chi connectivity index (χ2n) is 10.5. The van der Waals surface area contributed by atoms with E-state index in [1.54, 1.807) is 17.3 Å². The van der Waals surface area contributed by atoms with Crippen molar-refractivity contribution in [3.63, 3.8) is 0 Å². The molecule has 4 aromatic rings. The molecule has 1 aliphatic heterocycles. The number of nitrogens with zero attached hydrogens (tertiary/aromatic N) is 2. The lowest BCUT2D eigenvalue weighted by atomic mass is 10.1. The lowest BCUT2D eigenvalue weighted by Gasteiger charge is -2.30. The zero-order chi connectivity index (χ0) is 30.6. The van der Waals surface area contributed by atoms with Gasteiger partial charge in [0.25, 0.3) is 0 Å². The first-order valence-corrected chi connectivity index (χ1v) is 14.5. The van der Waals surface area contributed by atoms with Crippen molar-refractivity contribution in [2.45, 2.75) is 32.3 Å². The number of carbonyl (C=O) groups excluding carboxylic acids is 1. The lowest BCUT2D eigenvalue weighted by molar-refractivity contribution is -0.135. The third-order valence-electron chi connectivity index (χ3n) is 7.11. The van der Waals surface area contributed by atoms with E-state index in [-0.39, 0.29) is 25.5 Å². The molecule has 0 fully saturated rings. The van der Waals surface area contributed by atoms with Gasteiger partial charge < -0.3 is 35.0 Å². The van der Waals surface area contributed by atoms with Crippen LogP contribution in [-0.4, -0.2) is 46.2 Å². The number of nitrogens with one attached hydrogen (secondary N) is 2. The fourth-order valence-electron chi connectivity index (χ4n) is 4.81. The van der Waals surface area contributed by atoms with Crippen molar-refractivity contribution >= 4 is 12.0 Å². The van der Waals surface area contributed by atoms with Gasteiger partial charge in [-0.25, -0.2) is 4.79 Å². The van der Waals surface area contributed by atoms with Crippen molar-refractivity contribution in [1.29, 1.82) is 0 Å². The Morgan fingerprint density at radius 3 is 1.68 bits per heavy atom. The number of hydrogen-bond acceptors (Lipinski definition) is 6. The van der Waals surface area contributed by atoms with Crippen LogP contribution in [0.3, 0.4) is 0 Å². The average Bonchev–Trinajstić information content (AvgIpc) is 3.57. The van der Waals surface area contributed by atoms with Gasteiger partial charge in [-0.3, -0.25) is 4.79 Å². The first-order valence-electron chi connectivity index (χ1n) is 14.5. The summed E-state index contributed by atoms with van der Waals surface area (Å²) in [4.78, 5) is 29.1. The second-order valence-corrected chi connectivity index (χ2v) is 10.5. The van der Waals surface area contributed by atoms with Crippen LogP contribution in [0.4, 0.5) is 4.79 Å². The fraction of sp³-hybridized carbons (Fsp3) is 0.200. The lowest BCUT2D eigenvalue weighted by Crippen LogP contribution is -2.52. The maximum absolute atomic E-state index is 13.9. The van der Waals surface area contributed by atoms with E-state index < -0.39 is 12.1 Å². The highest BCUT2D eigenvalue weighted by atomic mass is 16.5. The first kappa shape index (κ1) is 30.0. The molecule has 9 heteroatoms. The molecule has 0 aliphatic carbocycles. The molecule has 0 spiro atoms. The molecule has 0 radical (unpaired) electrons. The molecule has 2 amide bonds. The van der Waals surface area contributed by atoms with Crippen molar-refractivity contribution in [1.82, 2.24) is 20.4 Å². The van der Waals surface area contributed by atoms with Gasteiger partial charge in [-0.05, 0) is 46.5 Å². The topological polar surface area (TPSA) is 103 Å². The van der Waals surface area contributed by atoms with Crippen LogP contribution in [0.1, 0.15) is 22.3 Å². The van der Waals surface area contributed by atoms with Crippen LogP contribution < -0.4 is 20.1 Å². The van der Waals surface area contributed by atoms with Gasteiger partial charge in [0.2, 0.25) is 5.91 Å². The van der Waals surface area contributed by atoms with Crippen LogP contribution in [0, 0.1) is 0 Å². The maximum Gasteiger partial charge on any atom is 0.405 e. The van der Waals surface area contributed by atoms with E-state index >= 15 is 0 Å². The minimum atomic E-state index is -1.25. The van der Waals surface area contributed by atoms with E-state index in [0.29, 0.717) is 19.9 Å². The van der Waals surface area contributed by atoms with Gasteiger partial charge in [-0.1, -0.05) is 84.9 Å². The fourth-order valence-corrected chi connectivity index (χ4v) is 4.81. The van der Waals surface area contributed by atoms with Gasteiger partial charge in [0, 0.05) is 32.0 Å². The predicted octanol–water partition coefficient (Wildman–Crippen LogP) is 5.34. The van der Waals surface area contributed by atoms with Gasteiger partial charge in [0.15, 0.2) is 0 Å². The summed E-state index contributed by atoms with van der Waals surface area (Å²) >= 11 is 0. The highest BCUT2D eigenvalue weighted by Gasteiger charge is 2.28. The van der Waals surface area contributed by atoms with Crippen molar-refractivity contribution in [3.05, 3.63) is 144 Å².